The molecule has 1 aliphatic carbocycles. The lowest BCUT2D eigenvalue weighted by Gasteiger charge is -2.46. The Hall–Kier alpha value is -5.12. The Morgan fingerprint density at radius 2 is 1.71 bits per heavy atom. The number of nitrogens with one attached hydrogen (secondary N) is 1. The van der Waals surface area contributed by atoms with Crippen LogP contribution in [0.4, 0.5) is 15.3 Å². The third kappa shape index (κ3) is 8.72. The first-order valence-electron chi connectivity index (χ1n) is 13.6. The average molecular weight is 644 g/mol. The van der Waals surface area contributed by atoms with E-state index in [1.807, 2.05) is 24.3 Å². The molecule has 2 fully saturated rings. The summed E-state index contributed by atoms with van der Waals surface area (Å²) in [4.78, 5) is 73.1. The number of likely N-dealkylation sites (tertiary alicyclic amines) is 1. The number of benzene rings is 2. The van der Waals surface area contributed by atoms with Gasteiger partial charge in [-0.3, -0.25) is 24.6 Å². The summed E-state index contributed by atoms with van der Waals surface area (Å²) in [6.07, 6.45) is 0.707. The minimum atomic E-state index is -1.18. The second-order valence-corrected chi connectivity index (χ2v) is 11.0. The topological polar surface area (TPSA) is 190 Å². The molecule has 2 amide bonds. The summed E-state index contributed by atoms with van der Waals surface area (Å²) in [5.74, 6) is -0.523. The van der Waals surface area contributed by atoms with Gasteiger partial charge in [-0.25, -0.2) is 14.4 Å². The lowest BCUT2D eigenvalue weighted by molar-refractivity contribution is -0.384. The van der Waals surface area contributed by atoms with E-state index in [0.717, 1.165) is 36.4 Å². The first kappa shape index (κ1) is 32.8. The predicted molar refractivity (Wildman–Crippen MR) is 156 cm³/mol. The highest BCUT2D eigenvalue weighted by Crippen LogP contribution is 2.37. The van der Waals surface area contributed by atoms with Gasteiger partial charge in [0.2, 0.25) is 5.91 Å². The van der Waals surface area contributed by atoms with Crippen molar-refractivity contribution in [1.82, 2.24) is 10.2 Å². The number of non-ortho nitro benzene ring substituents is 1. The summed E-state index contributed by atoms with van der Waals surface area (Å²) >= 11 is 0.576. The van der Waals surface area contributed by atoms with Gasteiger partial charge in [0.1, 0.15) is 35.3 Å². The average Bonchev–Trinajstić information content (AvgIpc) is 3.84. The van der Waals surface area contributed by atoms with E-state index in [1.165, 1.54) is 38.1 Å². The van der Waals surface area contributed by atoms with Gasteiger partial charge in [-0.2, -0.15) is 0 Å². The maximum Gasteiger partial charge on any atom is 0.513 e. The van der Waals surface area contributed by atoms with Gasteiger partial charge in [-0.05, 0) is 67.3 Å². The normalized spacial score (nSPS) is 17.8. The SMILES string of the molecule is COC(=O)OC(C)=C(C(=O)OCc1ccc([N+](=O)[O-])cc1)N1C(=O)C(NC(C)=O)C1SC(=O)OCC1CC1.c1cc2cc(c1)O2. The van der Waals surface area contributed by atoms with Crippen LogP contribution in [0.2, 0.25) is 0 Å². The van der Waals surface area contributed by atoms with E-state index in [4.69, 9.17) is 18.9 Å². The second-order valence-electron chi connectivity index (χ2n) is 9.94. The van der Waals surface area contributed by atoms with Crippen molar-refractivity contribution in [1.29, 1.82) is 0 Å². The lowest BCUT2D eigenvalue weighted by atomic mass is 10.1. The number of thioether (sulfide) groups is 1. The van der Waals surface area contributed by atoms with Crippen molar-refractivity contribution in [3.05, 3.63) is 75.7 Å². The maximum absolute atomic E-state index is 13.1. The maximum atomic E-state index is 13.1. The number of esters is 1. The molecule has 4 aliphatic rings. The fourth-order valence-electron chi connectivity index (χ4n) is 4.01. The molecule has 2 aromatic carbocycles. The molecule has 2 bridgehead atoms. The van der Waals surface area contributed by atoms with Crippen LogP contribution in [0.3, 0.4) is 0 Å². The zero-order valence-corrected chi connectivity index (χ0v) is 25.2. The van der Waals surface area contributed by atoms with Gasteiger partial charge in [0, 0.05) is 25.1 Å². The number of rotatable bonds is 10. The quantitative estimate of drug-likeness (QED) is 0.0623. The van der Waals surface area contributed by atoms with E-state index in [0.29, 0.717) is 17.3 Å². The Kier molecular flexibility index (Phi) is 10.6. The molecule has 2 atom stereocenters. The van der Waals surface area contributed by atoms with Crippen LogP contribution in [0.5, 0.6) is 11.5 Å². The van der Waals surface area contributed by atoms with Crippen molar-refractivity contribution < 1.29 is 52.6 Å². The zero-order valence-electron chi connectivity index (χ0n) is 24.4. The van der Waals surface area contributed by atoms with Gasteiger partial charge in [-0.15, -0.1) is 0 Å². The first-order chi connectivity index (χ1) is 21.5. The number of allylic oxidation sites excluding steroid dienone is 1. The lowest BCUT2D eigenvalue weighted by Crippen LogP contribution is -2.69. The molecule has 15 nitrogen and oxygen atoms in total. The van der Waals surface area contributed by atoms with E-state index in [2.05, 4.69) is 10.1 Å². The van der Waals surface area contributed by atoms with Gasteiger partial charge in [0.05, 0.1) is 18.6 Å². The molecule has 238 valence electrons. The largest absolute Gasteiger partial charge is 0.513 e. The molecule has 1 N–H and O–H groups in total. The van der Waals surface area contributed by atoms with E-state index >= 15 is 0 Å². The number of nitro groups is 1. The van der Waals surface area contributed by atoms with Crippen LogP contribution in [0.1, 0.15) is 32.3 Å². The zero-order chi connectivity index (χ0) is 32.7. The Labute approximate surface area is 260 Å². The molecule has 1 saturated carbocycles. The molecule has 45 heavy (non-hydrogen) atoms. The fraction of sp³-hybridized carbons (Fsp3) is 0.345. The van der Waals surface area contributed by atoms with Crippen LogP contribution in [0.15, 0.2) is 60.0 Å². The van der Waals surface area contributed by atoms with Crippen molar-refractivity contribution in [3.8, 4) is 11.5 Å². The molecule has 0 radical (unpaired) electrons. The third-order valence-corrected chi connectivity index (χ3v) is 7.52. The highest BCUT2D eigenvalue weighted by Gasteiger charge is 2.54. The Morgan fingerprint density at radius 1 is 1.07 bits per heavy atom. The Morgan fingerprint density at radius 3 is 2.20 bits per heavy atom. The number of methoxy groups -OCH3 is 1. The summed E-state index contributed by atoms with van der Waals surface area (Å²) in [7, 11) is 1.04. The van der Waals surface area contributed by atoms with Crippen LogP contribution in [0, 0.1) is 16.0 Å². The highest BCUT2D eigenvalue weighted by molar-refractivity contribution is 8.13. The van der Waals surface area contributed by atoms with Crippen LogP contribution < -0.4 is 10.1 Å². The summed E-state index contributed by atoms with van der Waals surface area (Å²) in [5.41, 5.74) is -0.265. The van der Waals surface area contributed by atoms with Gasteiger partial charge in [-0.1, -0.05) is 6.07 Å². The molecule has 0 spiro atoms. The minimum absolute atomic E-state index is 0.161. The van der Waals surface area contributed by atoms with Crippen LogP contribution in [-0.2, 0) is 39.9 Å². The number of nitrogens with zero attached hydrogens (tertiary/aromatic N) is 2. The molecular weight excluding hydrogens is 614 g/mol. The number of amides is 2. The second kappa shape index (κ2) is 14.6. The van der Waals surface area contributed by atoms with Crippen LogP contribution in [0.25, 0.3) is 0 Å². The smallest absolute Gasteiger partial charge is 0.457 e. The number of hydrogen-bond donors (Lipinski definition) is 1. The van der Waals surface area contributed by atoms with Crippen molar-refractivity contribution >= 4 is 46.7 Å². The molecule has 1 saturated heterocycles. The fourth-order valence-corrected chi connectivity index (χ4v) is 4.98. The predicted octanol–water partition coefficient (Wildman–Crippen LogP) is 4.40. The standard InChI is InChI=1S/C23H25N3O11S.C6H4O/c1-12(37-22(30)34-3)18(21(29)35-10-15-6-8-16(9-7-15)26(32)33)25-19(28)17(24-13(2)27)20(25)38-23(31)36-11-14-4-5-14;1-2-5-4-6(3-1)7-5/h6-9,14,17,20H,4-5,10-11H2,1-3H3,(H,24,27);1-4H. The van der Waals surface area contributed by atoms with Gasteiger partial charge < -0.3 is 29.0 Å². The highest BCUT2D eigenvalue weighted by atomic mass is 32.2. The van der Waals surface area contributed by atoms with E-state index in [1.54, 1.807) is 0 Å². The number of β-lactam (4-membered cyclic amide) rings is 1. The van der Waals surface area contributed by atoms with E-state index in [9.17, 15) is 34.1 Å². The van der Waals surface area contributed by atoms with Gasteiger partial charge in [0.15, 0.2) is 5.70 Å². The summed E-state index contributed by atoms with van der Waals surface area (Å²) in [6.45, 7) is 2.27. The van der Waals surface area contributed by atoms with Crippen molar-refractivity contribution in [2.75, 3.05) is 13.7 Å². The number of carbonyl (C=O) groups excluding carboxylic acids is 5. The number of carbonyl (C=O) groups is 5. The minimum Gasteiger partial charge on any atom is -0.457 e. The van der Waals surface area contributed by atoms with Gasteiger partial charge in [0.25, 0.3) is 11.6 Å². The van der Waals surface area contributed by atoms with E-state index < -0.39 is 51.3 Å². The Balaban J connectivity index is 0.000000569. The molecule has 2 aromatic rings. The summed E-state index contributed by atoms with van der Waals surface area (Å²) in [5, 5.41) is 11.4. The number of nitro benzene ring substituents is 1. The number of fused-ring (bicyclic) bond motifs is 2. The summed E-state index contributed by atoms with van der Waals surface area (Å²) < 4.78 is 24.9. The van der Waals surface area contributed by atoms with Crippen molar-refractivity contribution in [2.45, 2.75) is 44.7 Å². The number of ether oxygens (including phenoxy) is 5. The Bertz CT molecular complexity index is 1500. The number of hydrogen-bond acceptors (Lipinski definition) is 13. The first-order valence-corrected chi connectivity index (χ1v) is 14.4. The van der Waals surface area contributed by atoms with Crippen LogP contribution >= 0.6 is 11.8 Å². The van der Waals surface area contributed by atoms with Crippen molar-refractivity contribution in [3.63, 3.8) is 0 Å². The van der Waals surface area contributed by atoms with Crippen molar-refractivity contribution in [2.24, 2.45) is 5.92 Å². The van der Waals surface area contributed by atoms with E-state index in [-0.39, 0.29) is 30.6 Å². The monoisotopic (exact) mass is 643 g/mol. The third-order valence-electron chi connectivity index (χ3n) is 6.48. The van der Waals surface area contributed by atoms with Gasteiger partial charge >= 0.3 is 17.4 Å². The molecule has 16 heteroatoms. The van der Waals surface area contributed by atoms with Crippen LogP contribution in [-0.4, -0.2) is 64.2 Å². The molecule has 6 rings (SSSR count). The molecule has 2 unspecified atom stereocenters. The summed E-state index contributed by atoms with van der Waals surface area (Å²) in [6, 6.07) is 11.9. The molecular formula is C29H29N3O12S. The molecule has 0 aromatic heterocycles. The molecule has 3 aliphatic heterocycles. The molecule has 3 heterocycles.